The molecule has 0 radical (unpaired) electrons. The predicted octanol–water partition coefficient (Wildman–Crippen LogP) is 8.71. The third kappa shape index (κ3) is 9.17. The van der Waals surface area contributed by atoms with Gasteiger partial charge in [0, 0.05) is 64.7 Å². The van der Waals surface area contributed by atoms with Gasteiger partial charge in [0.05, 0.1) is 52.8 Å². The number of piperidine rings is 1. The van der Waals surface area contributed by atoms with Gasteiger partial charge in [-0.3, -0.25) is 9.59 Å². The lowest BCUT2D eigenvalue weighted by Crippen LogP contribution is -2.48. The van der Waals surface area contributed by atoms with E-state index in [1.54, 1.807) is 0 Å². The van der Waals surface area contributed by atoms with Crippen LogP contribution in [0.25, 0.3) is 22.0 Å². The minimum atomic E-state index is -5.44. The molecule has 0 N–H and O–H groups in total. The first kappa shape index (κ1) is 18.2. The van der Waals surface area contributed by atoms with Crippen LogP contribution in [0.2, 0.25) is 0 Å². The van der Waals surface area contributed by atoms with E-state index >= 15 is 9.18 Å². The number of likely N-dealkylation sites (tertiary alicyclic amines) is 1. The lowest BCUT2D eigenvalue weighted by molar-refractivity contribution is -0.137. The number of hydrogen-bond acceptors (Lipinski definition) is 5. The number of thioether (sulfide) groups is 1. The van der Waals surface area contributed by atoms with Crippen molar-refractivity contribution in [2.75, 3.05) is 33.2 Å². The first-order valence-corrected chi connectivity index (χ1v) is 16.3. The topological polar surface area (TPSA) is 54.8 Å². The summed E-state index contributed by atoms with van der Waals surface area (Å²) in [4.78, 5) is 30.8. The quantitative estimate of drug-likeness (QED) is 0.0939. The lowest BCUT2D eigenvalue weighted by Gasteiger charge is -2.39. The zero-order chi connectivity index (χ0) is 58.6. The monoisotopic (exact) mass is 773 g/mol. The van der Waals surface area contributed by atoms with Gasteiger partial charge in [0.15, 0.2) is 17.1 Å². The van der Waals surface area contributed by atoms with Gasteiger partial charge >= 0.3 is 6.18 Å². The number of carbonyl (C=O) groups is 1. The van der Waals surface area contributed by atoms with Gasteiger partial charge in [-0.15, -0.1) is 11.8 Å². The van der Waals surface area contributed by atoms with Crippen LogP contribution in [0.4, 0.5) is 22.0 Å². The molecule has 0 aliphatic carbocycles. The van der Waals surface area contributed by atoms with Crippen molar-refractivity contribution in [3.05, 3.63) is 135 Å². The largest absolute Gasteiger partial charge is 0.416 e. The Morgan fingerprint density at radius 2 is 1.70 bits per heavy atom. The normalized spacial score (nSPS) is 21.7. The summed E-state index contributed by atoms with van der Waals surface area (Å²) in [6.07, 6.45) is -6.54. The maximum atomic E-state index is 15.5. The lowest BCUT2D eigenvalue weighted by atomic mass is 10.00. The van der Waals surface area contributed by atoms with Crippen LogP contribution < -0.4 is 5.43 Å². The number of benzene rings is 4. The summed E-state index contributed by atoms with van der Waals surface area (Å²) in [5, 5.41) is -1.93. The summed E-state index contributed by atoms with van der Waals surface area (Å²) in [6.45, 7) is -12.1. The van der Waals surface area contributed by atoms with Crippen LogP contribution in [0, 0.1) is 18.6 Å². The second-order valence-electron chi connectivity index (χ2n) is 11.3. The third-order valence-corrected chi connectivity index (χ3v) is 8.77. The number of carbonyl (C=O) groups excluding carboxylic acids is 1. The van der Waals surface area contributed by atoms with Gasteiger partial charge in [0.2, 0.25) is 5.91 Å². The molecule has 53 heavy (non-hydrogen) atoms. The number of nitrogens with zero attached hydrogens (tertiary/aromatic N) is 3. The average molecular weight is 774 g/mol. The van der Waals surface area contributed by atoms with Crippen LogP contribution in [0.5, 0.6) is 0 Å². The number of halogens is 5. The maximum absolute atomic E-state index is 15.5. The number of fused-ring (bicyclic) bond motifs is 1. The summed E-state index contributed by atoms with van der Waals surface area (Å²) in [5.41, 5.74) is -8.74. The molecule has 6 rings (SSSR count). The highest BCUT2D eigenvalue weighted by atomic mass is 32.2. The van der Waals surface area contributed by atoms with E-state index in [1.165, 1.54) is 0 Å². The van der Waals surface area contributed by atoms with Crippen molar-refractivity contribution in [2.45, 2.75) is 55.8 Å². The summed E-state index contributed by atoms with van der Waals surface area (Å²) >= 11 is 0.0739. The summed E-state index contributed by atoms with van der Waals surface area (Å²) in [6, 6.07) is -19.9. The van der Waals surface area contributed by atoms with E-state index in [0.29, 0.717) is 4.90 Å². The van der Waals surface area contributed by atoms with Gasteiger partial charge < -0.3 is 19.1 Å². The molecule has 1 saturated heterocycles. The Hall–Kier alpha value is -4.52. The van der Waals surface area contributed by atoms with Crippen LogP contribution in [-0.2, 0) is 34.5 Å². The van der Waals surface area contributed by atoms with Crippen LogP contribution >= 0.6 is 11.8 Å². The van der Waals surface area contributed by atoms with Crippen molar-refractivity contribution in [1.29, 1.82) is 0 Å². The summed E-state index contributed by atoms with van der Waals surface area (Å²) in [7, 11) is -3.47. The molecule has 0 bridgehead atoms. The Bertz CT molecular complexity index is 3260. The van der Waals surface area contributed by atoms with Crippen molar-refractivity contribution >= 4 is 28.6 Å². The molecule has 0 spiro atoms. The molecule has 2 heterocycles. The van der Waals surface area contributed by atoms with Gasteiger partial charge in [0.25, 0.3) is 0 Å². The molecule has 1 aromatic heterocycles. The van der Waals surface area contributed by atoms with Gasteiger partial charge in [-0.05, 0) is 66.7 Å². The molecular formula is C41H40F5N3O3S. The number of alkyl halides is 3. The molecular weight excluding hydrogens is 710 g/mol. The minimum Gasteiger partial charge on any atom is -0.383 e. The van der Waals surface area contributed by atoms with Crippen LogP contribution in [0.3, 0.4) is 0 Å². The van der Waals surface area contributed by atoms with Gasteiger partial charge in [-0.2, -0.15) is 13.2 Å². The van der Waals surface area contributed by atoms with E-state index in [0.717, 1.165) is 11.8 Å². The minimum absolute atomic E-state index is 0.0739. The smallest absolute Gasteiger partial charge is 0.383 e. The molecule has 1 fully saturated rings. The second kappa shape index (κ2) is 16.7. The fourth-order valence-corrected chi connectivity index (χ4v) is 6.10. The SMILES string of the molecule is [2H]c1c([2H])c(F)c(F)c(CSc2c([2H])c(=O)c3c([2H])c(C)c([2H])c([2H])c3n2C([2H])([2H])C(=O)N(Cc2c([2H])c([2H])c(-c3c([2H])c([2H])c(C(F)(F)F)c([2H])c3[2H])c([2H])c2[2H])C2CCN(C([2H])([2H])C([2H])([2H])OC([2H])([2H])[2H])CC2)c1[2H]. The number of aromatic nitrogens is 1. The molecule has 278 valence electrons. The molecule has 4 aromatic carbocycles. The van der Waals surface area contributed by atoms with Gasteiger partial charge in [-0.1, -0.05) is 59.9 Å². The van der Waals surface area contributed by atoms with E-state index in [9.17, 15) is 25.1 Å². The number of rotatable bonds is 12. The molecule has 1 amide bonds. The van der Waals surface area contributed by atoms with Gasteiger partial charge in [0.1, 0.15) is 6.50 Å². The van der Waals surface area contributed by atoms with Crippen molar-refractivity contribution in [1.82, 2.24) is 14.4 Å². The standard InChI is InChI=1S/C41H40F5N3O3S/c1-27-6-15-36-34(22-27)37(50)23-39(53-26-31-4-3-5-35(42)40(31)43)49(36)25-38(51)48(33-16-18-47(19-17-33)20-21-52-2)24-28-7-9-29(10-8-28)30-11-13-32(14-12-30)41(44,45)46/h3-15,22-23,33H,16-21,24-26H2,1-2H3/i2D3,3D,4D,5D,6D,7D,8D,9D,10D,11D,12D,13D,14D,15D,20D2,21D2,22D,23D,25D2. The molecule has 6 nitrogen and oxygen atoms in total. The number of ether oxygens (including phenoxy) is 1. The molecule has 5 aromatic rings. The van der Waals surface area contributed by atoms with Crippen molar-refractivity contribution in [3.8, 4) is 11.1 Å². The van der Waals surface area contributed by atoms with E-state index in [-0.39, 0.29) is 21.9 Å². The Labute approximate surface area is 342 Å². The maximum Gasteiger partial charge on any atom is 0.416 e. The molecule has 0 saturated carbocycles. The predicted molar refractivity (Wildman–Crippen MR) is 198 cm³/mol. The zero-order valence-corrected chi connectivity index (χ0v) is 28.0. The second-order valence-corrected chi connectivity index (χ2v) is 12.2. The van der Waals surface area contributed by atoms with E-state index < -0.39 is 234 Å². The van der Waals surface area contributed by atoms with Crippen LogP contribution in [-0.4, -0.2) is 59.5 Å². The number of hydrogen-bond donors (Lipinski definition) is 0. The Morgan fingerprint density at radius 3 is 2.38 bits per heavy atom. The Kier molecular flexibility index (Phi) is 5.72. The van der Waals surface area contributed by atoms with Crippen molar-refractivity contribution < 1.29 is 64.4 Å². The summed E-state index contributed by atoms with van der Waals surface area (Å²) < 4.78 is 279. The van der Waals surface area contributed by atoms with E-state index in [1.807, 2.05) is 0 Å². The number of pyridine rings is 1. The molecule has 0 unspecified atom stereocenters. The number of methoxy groups -OCH3 is 1. The fourth-order valence-electron chi connectivity index (χ4n) is 5.19. The van der Waals surface area contributed by atoms with Crippen molar-refractivity contribution in [2.24, 2.45) is 0 Å². The Balaban J connectivity index is 1.61. The Morgan fingerprint density at radius 1 is 1.00 bits per heavy atom. The fraction of sp³-hybridized carbons (Fsp3) is 0.317. The highest BCUT2D eigenvalue weighted by Gasteiger charge is 2.31. The molecule has 1 aliphatic heterocycles. The molecule has 12 heteroatoms. The van der Waals surface area contributed by atoms with E-state index in [4.69, 9.17) is 30.2 Å². The van der Waals surface area contributed by atoms with Crippen LogP contribution in [0.1, 0.15) is 68.0 Å². The van der Waals surface area contributed by atoms with Gasteiger partial charge in [-0.25, -0.2) is 8.78 Å². The summed E-state index contributed by atoms with van der Waals surface area (Å²) in [5.74, 6) is -6.64. The number of amides is 1. The first-order chi connectivity index (χ1) is 35.1. The highest BCUT2D eigenvalue weighted by Crippen LogP contribution is 2.32. The molecule has 0 atom stereocenters. The highest BCUT2D eigenvalue weighted by molar-refractivity contribution is 7.98. The zero-order valence-electron chi connectivity index (χ0n) is 51.2. The first-order valence-electron chi connectivity index (χ1n) is 27.4. The van der Waals surface area contributed by atoms with Crippen LogP contribution in [0.15, 0.2) is 100 Å². The average Bonchev–Trinajstić information content (AvgIpc) is 3.33. The van der Waals surface area contributed by atoms with E-state index in [2.05, 4.69) is 4.74 Å². The third-order valence-electron chi connectivity index (χ3n) is 7.78. The molecule has 1 aliphatic rings. The van der Waals surface area contributed by atoms with Crippen molar-refractivity contribution in [3.63, 3.8) is 0 Å².